The lowest BCUT2D eigenvalue weighted by atomic mass is 10.2. The van der Waals surface area contributed by atoms with Crippen molar-refractivity contribution >= 4 is 53.5 Å². The molecule has 1 atom stereocenters. The number of aromatic nitrogens is 2. The molecule has 0 aliphatic carbocycles. The molecule has 0 amide bonds. The normalized spacial score (nSPS) is 14.8. The number of aliphatic imine (C=N–C) groups is 1. The highest BCUT2D eigenvalue weighted by atomic mass is 35.5. The molecule has 13 heteroatoms. The largest absolute Gasteiger partial charge is 0.369 e. The van der Waals surface area contributed by atoms with Crippen molar-refractivity contribution in [3.63, 3.8) is 0 Å². The molecular formula is C21H27ClN5O5PS. The summed E-state index contributed by atoms with van der Waals surface area (Å²) in [5.74, 6) is 1.17. The van der Waals surface area contributed by atoms with Gasteiger partial charge in [-0.25, -0.2) is 4.98 Å². The Balaban J connectivity index is 1.56. The number of hydrogen-bond donors (Lipinski definition) is 2. The van der Waals surface area contributed by atoms with Crippen molar-refractivity contribution in [1.82, 2.24) is 14.9 Å². The molecule has 184 valence electrons. The average molecular weight is 528 g/mol. The third-order valence-electron chi connectivity index (χ3n) is 4.57. The molecule has 1 aromatic heterocycles. The minimum absolute atomic E-state index is 0.0411. The summed E-state index contributed by atoms with van der Waals surface area (Å²) < 4.78 is 31.9. The minimum Gasteiger partial charge on any atom is -0.369 e. The number of nitrogens with two attached hydrogens (primary N) is 1. The van der Waals surface area contributed by atoms with Gasteiger partial charge in [0.2, 0.25) is 0 Å². The van der Waals surface area contributed by atoms with Crippen LogP contribution in [0.4, 0.5) is 5.82 Å². The Morgan fingerprint density at radius 2 is 2.18 bits per heavy atom. The Hall–Kier alpha value is -2.14. The first-order chi connectivity index (χ1) is 16.3. The molecule has 10 nitrogen and oxygen atoms in total. The molecule has 1 aliphatic rings. The highest BCUT2D eigenvalue weighted by Crippen LogP contribution is 2.49. The van der Waals surface area contributed by atoms with E-state index in [4.69, 9.17) is 31.1 Å². The van der Waals surface area contributed by atoms with Crippen molar-refractivity contribution in [2.75, 3.05) is 25.3 Å². The molecule has 0 bridgehead atoms. The number of hydrogen-bond acceptors (Lipinski definition) is 10. The number of thioether (sulfide) groups is 1. The van der Waals surface area contributed by atoms with E-state index in [0.29, 0.717) is 40.9 Å². The van der Waals surface area contributed by atoms with Crippen LogP contribution in [0.2, 0.25) is 5.02 Å². The number of nitrogens with zero attached hydrogens (tertiary/aromatic N) is 3. The second kappa shape index (κ2) is 12.5. The van der Waals surface area contributed by atoms with Crippen molar-refractivity contribution in [1.29, 1.82) is 0 Å². The highest BCUT2D eigenvalue weighted by molar-refractivity contribution is 8.13. The van der Waals surface area contributed by atoms with Crippen LogP contribution in [0.15, 0.2) is 42.2 Å². The van der Waals surface area contributed by atoms with Gasteiger partial charge in [-0.3, -0.25) is 9.36 Å². The van der Waals surface area contributed by atoms with E-state index < -0.39 is 7.60 Å². The molecule has 0 radical (unpaired) electrons. The minimum atomic E-state index is -3.60. The molecule has 3 N–H and O–H groups in total. The first-order valence-corrected chi connectivity index (χ1v) is 13.6. The number of benzene rings is 1. The Labute approximate surface area is 207 Å². The van der Waals surface area contributed by atoms with Crippen LogP contribution in [0.25, 0.3) is 5.70 Å². The van der Waals surface area contributed by atoms with E-state index in [0.717, 1.165) is 17.3 Å². The van der Waals surface area contributed by atoms with Crippen molar-refractivity contribution in [2.45, 2.75) is 26.5 Å². The van der Waals surface area contributed by atoms with E-state index in [1.54, 1.807) is 36.0 Å². The van der Waals surface area contributed by atoms with Crippen molar-refractivity contribution in [2.24, 2.45) is 10.7 Å². The number of guanidine groups is 1. The van der Waals surface area contributed by atoms with Crippen molar-refractivity contribution in [3.05, 3.63) is 53.5 Å². The number of nitrogens with one attached hydrogen (secondary N) is 1. The Kier molecular flexibility index (Phi) is 9.75. The van der Waals surface area contributed by atoms with Crippen molar-refractivity contribution < 1.29 is 23.1 Å². The SMILES string of the molecule is C=C1NC(N)=Nc2c1ncn2CCOCP(=O)(OCCSC(=O)CC)OCc1cccc(Cl)c1. The zero-order chi connectivity index (χ0) is 24.6. The Morgan fingerprint density at radius 1 is 1.35 bits per heavy atom. The monoisotopic (exact) mass is 527 g/mol. The molecule has 1 aliphatic heterocycles. The number of ether oxygens (including phenoxy) is 1. The fourth-order valence-corrected chi connectivity index (χ4v) is 5.14. The van der Waals surface area contributed by atoms with E-state index in [-0.39, 0.29) is 37.2 Å². The molecule has 1 unspecified atom stereocenters. The van der Waals surface area contributed by atoms with E-state index in [1.165, 1.54) is 0 Å². The molecule has 0 saturated carbocycles. The maximum absolute atomic E-state index is 13.3. The quantitative estimate of drug-likeness (QED) is 0.291. The summed E-state index contributed by atoms with van der Waals surface area (Å²) in [5, 5.41) is 3.42. The fourth-order valence-electron chi connectivity index (χ4n) is 2.91. The number of fused-ring (bicyclic) bond motifs is 1. The second-order valence-electron chi connectivity index (χ2n) is 7.17. The van der Waals surface area contributed by atoms with Crippen LogP contribution in [0.1, 0.15) is 24.6 Å². The molecule has 2 aromatic rings. The lowest BCUT2D eigenvalue weighted by Crippen LogP contribution is -2.32. The lowest BCUT2D eigenvalue weighted by molar-refractivity contribution is -0.110. The van der Waals surface area contributed by atoms with Crippen LogP contribution >= 0.6 is 31.0 Å². The van der Waals surface area contributed by atoms with Gasteiger partial charge in [-0.15, -0.1) is 0 Å². The Bertz CT molecular complexity index is 1110. The van der Waals surface area contributed by atoms with Gasteiger partial charge in [-0.05, 0) is 17.7 Å². The average Bonchev–Trinajstić information content (AvgIpc) is 3.21. The fraction of sp³-hybridized carbons (Fsp3) is 0.381. The van der Waals surface area contributed by atoms with Gasteiger partial charge in [0.25, 0.3) is 0 Å². The summed E-state index contributed by atoms with van der Waals surface area (Å²) in [7, 11) is -3.60. The molecular weight excluding hydrogens is 501 g/mol. The van der Waals surface area contributed by atoms with Gasteiger partial charge in [0.15, 0.2) is 16.9 Å². The predicted octanol–water partition coefficient (Wildman–Crippen LogP) is 4.13. The van der Waals surface area contributed by atoms with Crippen LogP contribution in [0.5, 0.6) is 0 Å². The topological polar surface area (TPSA) is 130 Å². The zero-order valence-corrected chi connectivity index (χ0v) is 21.2. The van der Waals surface area contributed by atoms with Gasteiger partial charge in [-0.1, -0.05) is 49.0 Å². The third-order valence-corrected chi connectivity index (χ3v) is 7.38. The Morgan fingerprint density at radius 3 is 2.94 bits per heavy atom. The maximum atomic E-state index is 13.3. The molecule has 0 fully saturated rings. The molecule has 34 heavy (non-hydrogen) atoms. The summed E-state index contributed by atoms with van der Waals surface area (Å²) >= 11 is 7.14. The van der Waals surface area contributed by atoms with Gasteiger partial charge >= 0.3 is 7.60 Å². The van der Waals surface area contributed by atoms with E-state index in [1.807, 2.05) is 6.07 Å². The summed E-state index contributed by atoms with van der Waals surface area (Å²) in [5.41, 5.74) is 7.68. The van der Waals surface area contributed by atoms with Crippen LogP contribution in [-0.2, 0) is 36.3 Å². The summed E-state index contributed by atoms with van der Waals surface area (Å²) in [4.78, 5) is 20.0. The van der Waals surface area contributed by atoms with Gasteiger partial charge in [0.05, 0.1) is 31.8 Å². The zero-order valence-electron chi connectivity index (χ0n) is 18.7. The van der Waals surface area contributed by atoms with E-state index in [2.05, 4.69) is 21.9 Å². The summed E-state index contributed by atoms with van der Waals surface area (Å²) in [6, 6.07) is 7.05. The second-order valence-corrected chi connectivity index (χ2v) is 10.8. The van der Waals surface area contributed by atoms with Gasteiger partial charge in [0, 0.05) is 23.7 Å². The van der Waals surface area contributed by atoms with Crippen LogP contribution in [0, 0.1) is 0 Å². The number of carbonyl (C=O) groups is 1. The molecule has 3 rings (SSSR count). The molecule has 1 aromatic carbocycles. The molecule has 0 spiro atoms. The van der Waals surface area contributed by atoms with Gasteiger partial charge in [0.1, 0.15) is 12.0 Å². The van der Waals surface area contributed by atoms with E-state index >= 15 is 0 Å². The number of imidazole rings is 1. The van der Waals surface area contributed by atoms with Crippen LogP contribution in [0.3, 0.4) is 0 Å². The third kappa shape index (κ3) is 7.69. The van der Waals surface area contributed by atoms with Crippen molar-refractivity contribution in [3.8, 4) is 0 Å². The maximum Gasteiger partial charge on any atom is 0.356 e. The summed E-state index contributed by atoms with van der Waals surface area (Å²) in [6.45, 7) is 6.38. The lowest BCUT2D eigenvalue weighted by Gasteiger charge is -2.19. The molecule has 2 heterocycles. The molecule has 0 saturated heterocycles. The van der Waals surface area contributed by atoms with Gasteiger partial charge in [-0.2, -0.15) is 4.99 Å². The van der Waals surface area contributed by atoms with Crippen LogP contribution < -0.4 is 11.1 Å². The highest BCUT2D eigenvalue weighted by Gasteiger charge is 2.26. The van der Waals surface area contributed by atoms with E-state index in [9.17, 15) is 9.36 Å². The number of rotatable bonds is 13. The first-order valence-electron chi connectivity index (χ1n) is 10.5. The van der Waals surface area contributed by atoms with Gasteiger partial charge < -0.3 is 29.4 Å². The van der Waals surface area contributed by atoms with Crippen LogP contribution in [-0.4, -0.2) is 45.9 Å². The predicted molar refractivity (Wildman–Crippen MR) is 134 cm³/mol. The standard InChI is InChI=1S/C21H27ClN5O5PS/c1-3-18(28)34-10-9-31-33(29,32-12-16-5-4-6-17(22)11-16)14-30-8-7-27-13-24-19-15(2)25-21(23)26-20(19)27/h4-6,11,13H,2-3,7-10,12,14H2,1H3,(H3,23,25,26). The number of halogens is 1. The number of carbonyl (C=O) groups excluding carboxylic acids is 1. The smallest absolute Gasteiger partial charge is 0.356 e. The first kappa shape index (κ1) is 26.5. The summed E-state index contributed by atoms with van der Waals surface area (Å²) in [6.07, 6.45) is 1.78.